The third-order valence-corrected chi connectivity index (χ3v) is 6.93. The fourth-order valence-electron chi connectivity index (χ4n) is 4.05. The highest BCUT2D eigenvalue weighted by Gasteiger charge is 2.29. The molecule has 3 aromatic rings. The first-order valence-electron chi connectivity index (χ1n) is 11.9. The summed E-state index contributed by atoms with van der Waals surface area (Å²) in [5, 5.41) is 3.72. The molecule has 1 unspecified atom stereocenters. The molecule has 188 valence electrons. The van der Waals surface area contributed by atoms with Gasteiger partial charge in [-0.15, -0.1) is 0 Å². The zero-order valence-electron chi connectivity index (χ0n) is 20.5. The van der Waals surface area contributed by atoms with Gasteiger partial charge in [0.05, 0.1) is 5.69 Å². The second-order valence-electron chi connectivity index (χ2n) is 8.88. The van der Waals surface area contributed by atoms with Crippen molar-refractivity contribution >= 4 is 28.3 Å². The van der Waals surface area contributed by atoms with Gasteiger partial charge in [-0.3, -0.25) is 9.59 Å². The molecule has 3 N–H and O–H groups in total. The number of hydrogen-bond acceptors (Lipinski definition) is 7. The Morgan fingerprint density at radius 3 is 2.58 bits per heavy atom. The van der Waals surface area contributed by atoms with Crippen LogP contribution in [-0.4, -0.2) is 61.5 Å². The lowest BCUT2D eigenvalue weighted by molar-refractivity contribution is -0.116. The van der Waals surface area contributed by atoms with E-state index in [1.165, 1.54) is 11.3 Å². The molecule has 9 heteroatoms. The number of anilines is 1. The van der Waals surface area contributed by atoms with Gasteiger partial charge in [0, 0.05) is 37.3 Å². The van der Waals surface area contributed by atoms with Gasteiger partial charge in [0.2, 0.25) is 5.91 Å². The van der Waals surface area contributed by atoms with Gasteiger partial charge in [-0.2, -0.15) is 0 Å². The number of ether oxygens (including phenoxy) is 1. The van der Waals surface area contributed by atoms with Crippen LogP contribution in [0.25, 0.3) is 11.3 Å². The van der Waals surface area contributed by atoms with Crippen LogP contribution in [0.15, 0.2) is 66.7 Å². The number of likely N-dealkylation sites (N-methyl/N-ethyl adjacent to an activating group) is 1. The SMILES string of the molecule is CN(C)C/C=C/C(=O)NCC1CCCN1c1nc(-c2ccc(Oc3ccccc3)cc2)c(C(N)=O)s1. The maximum atomic E-state index is 12.3. The molecular weight excluding hydrogens is 474 g/mol. The van der Waals surface area contributed by atoms with Gasteiger partial charge in [0.1, 0.15) is 16.4 Å². The summed E-state index contributed by atoms with van der Waals surface area (Å²) in [6, 6.07) is 17.1. The fourth-order valence-corrected chi connectivity index (χ4v) is 5.09. The van der Waals surface area contributed by atoms with Gasteiger partial charge < -0.3 is 25.6 Å². The van der Waals surface area contributed by atoms with E-state index >= 15 is 0 Å². The summed E-state index contributed by atoms with van der Waals surface area (Å²) in [7, 11) is 3.91. The molecule has 1 saturated heterocycles. The number of aromatic nitrogens is 1. The monoisotopic (exact) mass is 505 g/mol. The lowest BCUT2D eigenvalue weighted by Crippen LogP contribution is -2.39. The van der Waals surface area contributed by atoms with E-state index < -0.39 is 5.91 Å². The van der Waals surface area contributed by atoms with Gasteiger partial charge in [-0.05, 0) is 63.3 Å². The molecule has 0 bridgehead atoms. The van der Waals surface area contributed by atoms with E-state index in [9.17, 15) is 9.59 Å². The minimum Gasteiger partial charge on any atom is -0.457 e. The molecule has 1 aliphatic rings. The number of carbonyl (C=O) groups excluding carboxylic acids is 2. The summed E-state index contributed by atoms with van der Waals surface area (Å²) in [4.78, 5) is 33.8. The van der Waals surface area contributed by atoms with Crippen molar-refractivity contribution in [3.63, 3.8) is 0 Å². The predicted molar refractivity (Wildman–Crippen MR) is 144 cm³/mol. The molecule has 0 saturated carbocycles. The molecule has 2 aromatic carbocycles. The summed E-state index contributed by atoms with van der Waals surface area (Å²) < 4.78 is 5.87. The number of carbonyl (C=O) groups is 2. The number of hydrogen-bond donors (Lipinski definition) is 2. The zero-order valence-corrected chi connectivity index (χ0v) is 21.3. The summed E-state index contributed by atoms with van der Waals surface area (Å²) in [6.45, 7) is 2.03. The number of thiazole rings is 1. The maximum Gasteiger partial charge on any atom is 0.261 e. The van der Waals surface area contributed by atoms with Crippen LogP contribution in [0.5, 0.6) is 11.5 Å². The summed E-state index contributed by atoms with van der Waals surface area (Å²) in [5.74, 6) is 0.822. The third-order valence-electron chi connectivity index (χ3n) is 5.82. The Balaban J connectivity index is 1.47. The minimum atomic E-state index is -0.506. The third kappa shape index (κ3) is 6.50. The minimum absolute atomic E-state index is 0.109. The number of rotatable bonds is 10. The largest absolute Gasteiger partial charge is 0.457 e. The number of nitrogens with two attached hydrogens (primary N) is 1. The number of benzene rings is 2. The zero-order chi connectivity index (χ0) is 25.5. The van der Waals surface area contributed by atoms with Gasteiger partial charge in [0.15, 0.2) is 5.13 Å². The first-order chi connectivity index (χ1) is 17.4. The van der Waals surface area contributed by atoms with E-state index in [0.717, 1.165) is 35.8 Å². The molecule has 0 spiro atoms. The molecule has 4 rings (SSSR count). The highest BCUT2D eigenvalue weighted by molar-refractivity contribution is 7.18. The Hall–Kier alpha value is -3.69. The Kier molecular flexibility index (Phi) is 8.35. The van der Waals surface area contributed by atoms with Crippen molar-refractivity contribution in [1.82, 2.24) is 15.2 Å². The van der Waals surface area contributed by atoms with Gasteiger partial charge in [-0.25, -0.2) is 4.98 Å². The van der Waals surface area contributed by atoms with Crippen molar-refractivity contribution in [2.24, 2.45) is 5.73 Å². The van der Waals surface area contributed by atoms with Crippen LogP contribution >= 0.6 is 11.3 Å². The number of primary amides is 1. The van der Waals surface area contributed by atoms with Crippen molar-refractivity contribution in [2.75, 3.05) is 38.6 Å². The lowest BCUT2D eigenvalue weighted by Gasteiger charge is -2.24. The number of nitrogens with one attached hydrogen (secondary N) is 1. The van der Waals surface area contributed by atoms with Gasteiger partial charge in [0.25, 0.3) is 5.91 Å². The van der Waals surface area contributed by atoms with Gasteiger partial charge in [-0.1, -0.05) is 35.6 Å². The van der Waals surface area contributed by atoms with Crippen molar-refractivity contribution in [3.8, 4) is 22.8 Å². The fraction of sp³-hybridized carbons (Fsp3) is 0.296. The Bertz CT molecular complexity index is 1210. The highest BCUT2D eigenvalue weighted by Crippen LogP contribution is 2.36. The summed E-state index contributed by atoms with van der Waals surface area (Å²) >= 11 is 1.30. The van der Waals surface area contributed by atoms with Crippen LogP contribution in [0, 0.1) is 0 Å². The molecule has 0 aliphatic carbocycles. The molecular formula is C27H31N5O3S. The average Bonchev–Trinajstić information content (AvgIpc) is 3.51. The molecule has 2 amide bonds. The van der Waals surface area contributed by atoms with Crippen LogP contribution in [-0.2, 0) is 4.79 Å². The molecule has 1 atom stereocenters. The molecule has 2 heterocycles. The topological polar surface area (TPSA) is 101 Å². The van der Waals surface area contributed by atoms with Crippen LogP contribution in [0.1, 0.15) is 22.5 Å². The van der Waals surface area contributed by atoms with Crippen LogP contribution in [0.3, 0.4) is 0 Å². The normalized spacial score (nSPS) is 15.5. The number of amides is 2. The molecule has 1 aliphatic heterocycles. The maximum absolute atomic E-state index is 12.3. The van der Waals surface area contributed by atoms with E-state index in [0.29, 0.717) is 29.4 Å². The molecule has 1 fully saturated rings. The Morgan fingerprint density at radius 1 is 1.17 bits per heavy atom. The van der Waals surface area contributed by atoms with E-state index in [-0.39, 0.29) is 11.9 Å². The highest BCUT2D eigenvalue weighted by atomic mass is 32.1. The quantitative estimate of drug-likeness (QED) is 0.405. The average molecular weight is 506 g/mol. The standard InChI is InChI=1S/C27H31N5O3S/c1-31(2)16-7-11-23(33)29-18-20-8-6-17-32(20)27-30-24(25(36-27)26(28)34)19-12-14-22(15-13-19)35-21-9-4-3-5-10-21/h3-5,7,9-15,20H,6,8,16-18H2,1-2H3,(H2,28,34)(H,29,33)/b11-7+. The van der Waals surface area contributed by atoms with E-state index in [4.69, 9.17) is 15.5 Å². The predicted octanol–water partition coefficient (Wildman–Crippen LogP) is 3.90. The second kappa shape index (κ2) is 11.8. The van der Waals surface area contributed by atoms with Crippen molar-refractivity contribution in [1.29, 1.82) is 0 Å². The van der Waals surface area contributed by atoms with E-state index in [1.54, 1.807) is 6.08 Å². The van der Waals surface area contributed by atoms with Gasteiger partial charge >= 0.3 is 0 Å². The summed E-state index contributed by atoms with van der Waals surface area (Å²) in [6.07, 6.45) is 5.33. The van der Waals surface area contributed by atoms with Crippen LogP contribution in [0.2, 0.25) is 0 Å². The first-order valence-corrected chi connectivity index (χ1v) is 12.7. The first kappa shape index (κ1) is 25.4. The lowest BCUT2D eigenvalue weighted by atomic mass is 10.1. The molecule has 8 nitrogen and oxygen atoms in total. The van der Waals surface area contributed by atoms with Crippen molar-refractivity contribution in [2.45, 2.75) is 18.9 Å². The Labute approximate surface area is 215 Å². The van der Waals surface area contributed by atoms with Crippen LogP contribution in [0.4, 0.5) is 5.13 Å². The Morgan fingerprint density at radius 2 is 1.89 bits per heavy atom. The molecule has 1 aromatic heterocycles. The summed E-state index contributed by atoms with van der Waals surface area (Å²) in [5.41, 5.74) is 7.08. The number of para-hydroxylation sites is 1. The van der Waals surface area contributed by atoms with Crippen LogP contribution < -0.4 is 20.7 Å². The molecule has 0 radical (unpaired) electrons. The smallest absolute Gasteiger partial charge is 0.261 e. The van der Waals surface area contributed by atoms with E-state index in [2.05, 4.69) is 10.2 Å². The van der Waals surface area contributed by atoms with Crippen molar-refractivity contribution in [3.05, 3.63) is 71.6 Å². The second-order valence-corrected chi connectivity index (χ2v) is 9.85. The van der Waals surface area contributed by atoms with E-state index in [1.807, 2.05) is 79.7 Å². The number of nitrogens with zero attached hydrogens (tertiary/aromatic N) is 3. The van der Waals surface area contributed by atoms with Crippen molar-refractivity contribution < 1.29 is 14.3 Å². The molecule has 36 heavy (non-hydrogen) atoms.